The SMILES string of the molecule is COc1cccc(Br)c1C(=O)NC(C)C(N)=O. The van der Waals surface area contributed by atoms with Gasteiger partial charge < -0.3 is 15.8 Å². The number of nitrogens with two attached hydrogens (primary N) is 1. The van der Waals surface area contributed by atoms with E-state index in [-0.39, 0.29) is 0 Å². The summed E-state index contributed by atoms with van der Waals surface area (Å²) in [6.45, 7) is 1.52. The molecule has 0 fully saturated rings. The quantitative estimate of drug-likeness (QED) is 0.872. The van der Waals surface area contributed by atoms with Gasteiger partial charge in [0.2, 0.25) is 5.91 Å². The molecule has 0 radical (unpaired) electrons. The minimum absolute atomic E-state index is 0.336. The number of nitrogens with one attached hydrogen (secondary N) is 1. The van der Waals surface area contributed by atoms with Crippen LogP contribution in [-0.2, 0) is 4.79 Å². The molecular formula is C11H13BrN2O3. The van der Waals surface area contributed by atoms with E-state index in [0.717, 1.165) is 0 Å². The number of methoxy groups -OCH3 is 1. The fraction of sp³-hybridized carbons (Fsp3) is 0.273. The Morgan fingerprint density at radius 1 is 1.47 bits per heavy atom. The first-order valence-electron chi connectivity index (χ1n) is 4.90. The largest absolute Gasteiger partial charge is 0.496 e. The van der Waals surface area contributed by atoms with Crippen LogP contribution in [0, 0.1) is 0 Å². The lowest BCUT2D eigenvalue weighted by molar-refractivity contribution is -0.119. The van der Waals surface area contributed by atoms with Gasteiger partial charge in [0.1, 0.15) is 11.8 Å². The van der Waals surface area contributed by atoms with Gasteiger partial charge in [0, 0.05) is 4.47 Å². The lowest BCUT2D eigenvalue weighted by Crippen LogP contribution is -2.42. The molecule has 1 aromatic carbocycles. The Balaban J connectivity index is 3.00. The maximum Gasteiger partial charge on any atom is 0.256 e. The molecule has 17 heavy (non-hydrogen) atoms. The predicted octanol–water partition coefficient (Wildman–Crippen LogP) is 1.06. The molecular weight excluding hydrogens is 288 g/mol. The molecule has 1 atom stereocenters. The number of hydrogen-bond acceptors (Lipinski definition) is 3. The topological polar surface area (TPSA) is 81.4 Å². The van der Waals surface area contributed by atoms with Crippen molar-refractivity contribution in [1.29, 1.82) is 0 Å². The Hall–Kier alpha value is -1.56. The Morgan fingerprint density at radius 3 is 2.65 bits per heavy atom. The van der Waals surface area contributed by atoms with Crippen molar-refractivity contribution in [2.24, 2.45) is 5.73 Å². The second kappa shape index (κ2) is 5.67. The fourth-order valence-corrected chi connectivity index (χ4v) is 1.76. The van der Waals surface area contributed by atoms with Gasteiger partial charge in [0.15, 0.2) is 0 Å². The summed E-state index contributed by atoms with van der Waals surface area (Å²) < 4.78 is 5.67. The number of rotatable bonds is 4. The van der Waals surface area contributed by atoms with Gasteiger partial charge in [-0.25, -0.2) is 0 Å². The van der Waals surface area contributed by atoms with Gasteiger partial charge in [-0.1, -0.05) is 6.07 Å². The number of ether oxygens (including phenoxy) is 1. The van der Waals surface area contributed by atoms with E-state index in [2.05, 4.69) is 21.2 Å². The molecule has 0 aromatic heterocycles. The minimum Gasteiger partial charge on any atom is -0.496 e. The van der Waals surface area contributed by atoms with E-state index in [0.29, 0.717) is 15.8 Å². The zero-order chi connectivity index (χ0) is 13.0. The Labute approximate surface area is 107 Å². The van der Waals surface area contributed by atoms with E-state index >= 15 is 0 Å². The molecule has 0 saturated carbocycles. The molecule has 0 heterocycles. The molecule has 3 N–H and O–H groups in total. The maximum absolute atomic E-state index is 11.9. The molecule has 1 unspecified atom stereocenters. The summed E-state index contributed by atoms with van der Waals surface area (Å²) in [5, 5.41) is 2.49. The van der Waals surface area contributed by atoms with E-state index in [4.69, 9.17) is 10.5 Å². The molecule has 1 rings (SSSR count). The molecule has 0 saturated heterocycles. The number of primary amides is 1. The second-order valence-electron chi connectivity index (χ2n) is 3.41. The normalized spacial score (nSPS) is 11.7. The number of carbonyl (C=O) groups excluding carboxylic acids is 2. The Kier molecular flexibility index (Phi) is 4.51. The monoisotopic (exact) mass is 300 g/mol. The van der Waals surface area contributed by atoms with Crippen LogP contribution >= 0.6 is 15.9 Å². The minimum atomic E-state index is -0.737. The van der Waals surface area contributed by atoms with Gasteiger partial charge in [0.25, 0.3) is 5.91 Å². The van der Waals surface area contributed by atoms with Crippen LogP contribution in [0.5, 0.6) is 5.75 Å². The highest BCUT2D eigenvalue weighted by Crippen LogP contribution is 2.26. The third kappa shape index (κ3) is 3.20. The summed E-state index contributed by atoms with van der Waals surface area (Å²) in [6.07, 6.45) is 0. The summed E-state index contributed by atoms with van der Waals surface area (Å²) in [4.78, 5) is 22.8. The standard InChI is InChI=1S/C11H13BrN2O3/c1-6(10(13)15)14-11(16)9-7(12)4-3-5-8(9)17-2/h3-6H,1-2H3,(H2,13,15)(H,14,16). The Bertz CT molecular complexity index is 448. The van der Waals surface area contributed by atoms with Crippen molar-refractivity contribution in [3.63, 3.8) is 0 Å². The Morgan fingerprint density at radius 2 is 2.12 bits per heavy atom. The number of hydrogen-bond donors (Lipinski definition) is 2. The van der Waals surface area contributed by atoms with Crippen LogP contribution in [0.25, 0.3) is 0 Å². The van der Waals surface area contributed by atoms with Crippen molar-refractivity contribution in [3.8, 4) is 5.75 Å². The van der Waals surface area contributed by atoms with Crippen LogP contribution < -0.4 is 15.8 Å². The van der Waals surface area contributed by atoms with E-state index in [1.54, 1.807) is 18.2 Å². The van der Waals surface area contributed by atoms with E-state index in [1.807, 2.05) is 0 Å². The second-order valence-corrected chi connectivity index (χ2v) is 4.27. The summed E-state index contributed by atoms with van der Waals surface area (Å²) in [5.74, 6) is -0.585. The van der Waals surface area contributed by atoms with Crippen LogP contribution in [0.2, 0.25) is 0 Å². The molecule has 6 heteroatoms. The molecule has 2 amide bonds. The van der Waals surface area contributed by atoms with Crippen LogP contribution in [0.1, 0.15) is 17.3 Å². The summed E-state index contributed by atoms with van der Waals surface area (Å²) in [7, 11) is 1.47. The number of benzene rings is 1. The van der Waals surface area contributed by atoms with Crippen molar-refractivity contribution < 1.29 is 14.3 Å². The van der Waals surface area contributed by atoms with Crippen LogP contribution in [0.4, 0.5) is 0 Å². The zero-order valence-electron chi connectivity index (χ0n) is 9.49. The molecule has 0 bridgehead atoms. The van der Waals surface area contributed by atoms with Crippen molar-refractivity contribution in [2.75, 3.05) is 7.11 Å². The highest BCUT2D eigenvalue weighted by molar-refractivity contribution is 9.10. The van der Waals surface area contributed by atoms with Crippen LogP contribution in [0.15, 0.2) is 22.7 Å². The maximum atomic E-state index is 11.9. The van der Waals surface area contributed by atoms with Crippen LogP contribution in [0.3, 0.4) is 0 Å². The van der Waals surface area contributed by atoms with Crippen LogP contribution in [-0.4, -0.2) is 25.0 Å². The lowest BCUT2D eigenvalue weighted by atomic mass is 10.1. The lowest BCUT2D eigenvalue weighted by Gasteiger charge is -2.13. The van der Waals surface area contributed by atoms with Gasteiger partial charge >= 0.3 is 0 Å². The number of carbonyl (C=O) groups is 2. The van der Waals surface area contributed by atoms with Gasteiger partial charge in [-0.05, 0) is 35.0 Å². The molecule has 1 aromatic rings. The molecule has 92 valence electrons. The first-order valence-corrected chi connectivity index (χ1v) is 5.69. The molecule has 0 aliphatic rings. The first-order chi connectivity index (χ1) is 7.97. The average Bonchev–Trinajstić information content (AvgIpc) is 2.27. The summed E-state index contributed by atoms with van der Waals surface area (Å²) in [6, 6.07) is 4.39. The predicted molar refractivity (Wildman–Crippen MR) is 66.8 cm³/mol. The summed E-state index contributed by atoms with van der Waals surface area (Å²) >= 11 is 3.26. The smallest absolute Gasteiger partial charge is 0.256 e. The van der Waals surface area contributed by atoms with E-state index in [1.165, 1.54) is 14.0 Å². The molecule has 0 spiro atoms. The number of halogens is 1. The third-order valence-electron chi connectivity index (χ3n) is 2.20. The van der Waals surface area contributed by atoms with Crippen molar-refractivity contribution >= 4 is 27.7 Å². The van der Waals surface area contributed by atoms with Gasteiger partial charge in [-0.2, -0.15) is 0 Å². The van der Waals surface area contributed by atoms with Gasteiger partial charge in [-0.15, -0.1) is 0 Å². The van der Waals surface area contributed by atoms with Gasteiger partial charge in [-0.3, -0.25) is 9.59 Å². The van der Waals surface area contributed by atoms with Crippen molar-refractivity contribution in [1.82, 2.24) is 5.32 Å². The summed E-state index contributed by atoms with van der Waals surface area (Å²) in [5.41, 5.74) is 5.41. The van der Waals surface area contributed by atoms with E-state index in [9.17, 15) is 9.59 Å². The highest BCUT2D eigenvalue weighted by Gasteiger charge is 2.19. The zero-order valence-corrected chi connectivity index (χ0v) is 11.1. The molecule has 0 aliphatic heterocycles. The van der Waals surface area contributed by atoms with Gasteiger partial charge in [0.05, 0.1) is 12.7 Å². The number of amides is 2. The average molecular weight is 301 g/mol. The molecule has 0 aliphatic carbocycles. The highest BCUT2D eigenvalue weighted by atomic mass is 79.9. The first kappa shape index (κ1) is 13.5. The van der Waals surface area contributed by atoms with E-state index < -0.39 is 17.9 Å². The van der Waals surface area contributed by atoms with Crippen molar-refractivity contribution in [2.45, 2.75) is 13.0 Å². The fourth-order valence-electron chi connectivity index (χ4n) is 1.23. The van der Waals surface area contributed by atoms with Crippen molar-refractivity contribution in [3.05, 3.63) is 28.2 Å². The molecule has 5 nitrogen and oxygen atoms in total. The third-order valence-corrected chi connectivity index (χ3v) is 2.86.